The normalized spacial score (nSPS) is 17.7. The molecule has 0 saturated heterocycles. The topological polar surface area (TPSA) is 27.0 Å². The molecule has 1 aromatic carbocycles. The number of hydrogen-bond donors (Lipinski definition) is 0. The lowest BCUT2D eigenvalue weighted by molar-refractivity contribution is 0.349. The van der Waals surface area contributed by atoms with Crippen molar-refractivity contribution < 1.29 is 0 Å². The molecular weight excluding hydrogens is 196 g/mol. The third kappa shape index (κ3) is 2.19. The van der Waals surface area contributed by atoms with Gasteiger partial charge in [0.25, 0.3) is 0 Å². The van der Waals surface area contributed by atoms with Crippen molar-refractivity contribution in [3.63, 3.8) is 0 Å². The van der Waals surface area contributed by atoms with Crippen molar-refractivity contribution in [2.24, 2.45) is 5.41 Å². The van der Waals surface area contributed by atoms with E-state index in [1.807, 2.05) is 0 Å². The molecular formula is C14H18N2. The van der Waals surface area contributed by atoms with Gasteiger partial charge < -0.3 is 4.90 Å². The fourth-order valence-electron chi connectivity index (χ4n) is 2.53. The maximum atomic E-state index is 8.70. The van der Waals surface area contributed by atoms with Crippen LogP contribution in [0.2, 0.25) is 0 Å². The Bertz CT molecular complexity index is 415. The lowest BCUT2D eigenvalue weighted by atomic mass is 9.81. The number of fused-ring (bicyclic) bond motifs is 1. The molecule has 2 nitrogen and oxygen atoms in total. The highest BCUT2D eigenvalue weighted by molar-refractivity contribution is 5.56. The minimum Gasteiger partial charge on any atom is -0.370 e. The number of anilines is 1. The molecule has 1 aliphatic heterocycles. The van der Waals surface area contributed by atoms with Crippen LogP contribution in [0.5, 0.6) is 0 Å². The van der Waals surface area contributed by atoms with E-state index < -0.39 is 0 Å². The first-order valence-corrected chi connectivity index (χ1v) is 5.82. The summed E-state index contributed by atoms with van der Waals surface area (Å²) in [6.07, 6.45) is 1.73. The van der Waals surface area contributed by atoms with E-state index in [0.717, 1.165) is 19.5 Å². The Morgan fingerprint density at radius 1 is 1.38 bits per heavy atom. The molecule has 0 unspecified atom stereocenters. The van der Waals surface area contributed by atoms with Crippen molar-refractivity contribution in [1.29, 1.82) is 5.26 Å². The fraction of sp³-hybridized carbons (Fsp3) is 0.500. The Hall–Kier alpha value is -1.49. The second-order valence-corrected chi connectivity index (χ2v) is 5.30. The first-order chi connectivity index (χ1) is 7.62. The van der Waals surface area contributed by atoms with Gasteiger partial charge in [0.15, 0.2) is 0 Å². The van der Waals surface area contributed by atoms with Crippen LogP contribution in [0.15, 0.2) is 24.3 Å². The van der Waals surface area contributed by atoms with Gasteiger partial charge in [-0.1, -0.05) is 32.0 Å². The summed E-state index contributed by atoms with van der Waals surface area (Å²) in [7, 11) is 0. The molecule has 0 spiro atoms. The standard InChI is InChI=1S/C14H18N2/c1-14(2)10-12-6-3-4-7-13(12)16(11-14)9-5-8-15/h3-4,6-7H,5,9-11H2,1-2H3. The summed E-state index contributed by atoms with van der Waals surface area (Å²) in [5.41, 5.74) is 3.04. The zero-order chi connectivity index (χ0) is 11.6. The predicted octanol–water partition coefficient (Wildman–Crippen LogP) is 2.99. The highest BCUT2D eigenvalue weighted by Crippen LogP contribution is 2.35. The molecule has 0 bridgehead atoms. The highest BCUT2D eigenvalue weighted by Gasteiger charge is 2.29. The van der Waals surface area contributed by atoms with Crippen molar-refractivity contribution in [3.05, 3.63) is 29.8 Å². The Kier molecular flexibility index (Phi) is 2.87. The summed E-state index contributed by atoms with van der Waals surface area (Å²) in [6, 6.07) is 10.8. The number of para-hydroxylation sites is 1. The monoisotopic (exact) mass is 214 g/mol. The molecule has 0 aliphatic carbocycles. The molecule has 1 aliphatic rings. The van der Waals surface area contributed by atoms with Gasteiger partial charge in [0, 0.05) is 18.8 Å². The van der Waals surface area contributed by atoms with Gasteiger partial charge in [-0.2, -0.15) is 5.26 Å². The molecule has 2 rings (SSSR count). The number of rotatable bonds is 2. The van der Waals surface area contributed by atoms with E-state index in [1.54, 1.807) is 0 Å². The third-order valence-corrected chi connectivity index (χ3v) is 3.11. The van der Waals surface area contributed by atoms with Gasteiger partial charge in [0.1, 0.15) is 0 Å². The second-order valence-electron chi connectivity index (χ2n) is 5.30. The van der Waals surface area contributed by atoms with Gasteiger partial charge in [-0.05, 0) is 23.5 Å². The predicted molar refractivity (Wildman–Crippen MR) is 66.4 cm³/mol. The van der Waals surface area contributed by atoms with Gasteiger partial charge in [-0.25, -0.2) is 0 Å². The summed E-state index contributed by atoms with van der Waals surface area (Å²) < 4.78 is 0. The molecule has 16 heavy (non-hydrogen) atoms. The Morgan fingerprint density at radius 3 is 2.88 bits per heavy atom. The zero-order valence-corrected chi connectivity index (χ0v) is 10.0. The SMILES string of the molecule is CC1(C)Cc2ccccc2N(CCC#N)C1. The molecule has 0 N–H and O–H groups in total. The van der Waals surface area contributed by atoms with Crippen LogP contribution in [0.4, 0.5) is 5.69 Å². The third-order valence-electron chi connectivity index (χ3n) is 3.11. The Morgan fingerprint density at radius 2 is 2.12 bits per heavy atom. The molecule has 0 amide bonds. The van der Waals surface area contributed by atoms with E-state index in [1.165, 1.54) is 11.3 Å². The maximum Gasteiger partial charge on any atom is 0.0640 e. The summed E-state index contributed by atoms with van der Waals surface area (Å²) >= 11 is 0. The van der Waals surface area contributed by atoms with Crippen molar-refractivity contribution in [2.45, 2.75) is 26.7 Å². The van der Waals surface area contributed by atoms with Crippen molar-refractivity contribution >= 4 is 5.69 Å². The fourth-order valence-corrected chi connectivity index (χ4v) is 2.53. The van der Waals surface area contributed by atoms with E-state index >= 15 is 0 Å². The van der Waals surface area contributed by atoms with Crippen molar-refractivity contribution in [2.75, 3.05) is 18.0 Å². The largest absolute Gasteiger partial charge is 0.370 e. The van der Waals surface area contributed by atoms with Gasteiger partial charge >= 0.3 is 0 Å². The zero-order valence-electron chi connectivity index (χ0n) is 10.0. The molecule has 1 aromatic rings. The number of nitriles is 1. The minimum atomic E-state index is 0.309. The summed E-state index contributed by atoms with van der Waals surface area (Å²) in [6.45, 7) is 6.48. The van der Waals surface area contributed by atoms with Gasteiger partial charge in [0.2, 0.25) is 0 Å². The Labute approximate surface area is 97.5 Å². The van der Waals surface area contributed by atoms with E-state index in [-0.39, 0.29) is 0 Å². The van der Waals surface area contributed by atoms with Crippen molar-refractivity contribution in [3.8, 4) is 6.07 Å². The van der Waals surface area contributed by atoms with Crippen LogP contribution in [0, 0.1) is 16.7 Å². The number of hydrogen-bond acceptors (Lipinski definition) is 2. The molecule has 2 heteroatoms. The molecule has 1 heterocycles. The average Bonchev–Trinajstić information content (AvgIpc) is 2.24. The van der Waals surface area contributed by atoms with E-state index in [0.29, 0.717) is 11.8 Å². The number of benzene rings is 1. The van der Waals surface area contributed by atoms with E-state index in [2.05, 4.69) is 49.1 Å². The van der Waals surface area contributed by atoms with Crippen LogP contribution in [0.1, 0.15) is 25.8 Å². The Balaban J connectivity index is 2.29. The highest BCUT2D eigenvalue weighted by atomic mass is 15.1. The summed E-state index contributed by atoms with van der Waals surface area (Å²) in [4.78, 5) is 2.35. The van der Waals surface area contributed by atoms with Gasteiger partial charge in [-0.15, -0.1) is 0 Å². The van der Waals surface area contributed by atoms with Crippen LogP contribution >= 0.6 is 0 Å². The van der Waals surface area contributed by atoms with Crippen LogP contribution in [0.3, 0.4) is 0 Å². The average molecular weight is 214 g/mol. The van der Waals surface area contributed by atoms with Crippen LogP contribution < -0.4 is 4.90 Å². The molecule has 0 fully saturated rings. The van der Waals surface area contributed by atoms with E-state index in [9.17, 15) is 0 Å². The molecule has 0 atom stereocenters. The maximum absolute atomic E-state index is 8.70. The van der Waals surface area contributed by atoms with Crippen LogP contribution in [0.25, 0.3) is 0 Å². The summed E-state index contributed by atoms with van der Waals surface area (Å²) in [5, 5.41) is 8.70. The lowest BCUT2D eigenvalue weighted by Gasteiger charge is -2.40. The molecule has 0 radical (unpaired) electrons. The number of nitrogens with zero attached hydrogens (tertiary/aromatic N) is 2. The van der Waals surface area contributed by atoms with Gasteiger partial charge in [-0.3, -0.25) is 0 Å². The molecule has 84 valence electrons. The first-order valence-electron chi connectivity index (χ1n) is 5.82. The molecule has 0 saturated carbocycles. The van der Waals surface area contributed by atoms with Crippen LogP contribution in [-0.2, 0) is 6.42 Å². The first kappa shape index (κ1) is 11.0. The smallest absolute Gasteiger partial charge is 0.0640 e. The van der Waals surface area contributed by atoms with Crippen LogP contribution in [-0.4, -0.2) is 13.1 Å². The lowest BCUT2D eigenvalue weighted by Crippen LogP contribution is -2.40. The second kappa shape index (κ2) is 4.17. The van der Waals surface area contributed by atoms with Crippen molar-refractivity contribution in [1.82, 2.24) is 0 Å². The van der Waals surface area contributed by atoms with E-state index in [4.69, 9.17) is 5.26 Å². The molecule has 0 aromatic heterocycles. The quantitative estimate of drug-likeness (QED) is 0.756. The minimum absolute atomic E-state index is 0.309. The summed E-state index contributed by atoms with van der Waals surface area (Å²) in [5.74, 6) is 0. The van der Waals surface area contributed by atoms with Gasteiger partial charge in [0.05, 0.1) is 12.5 Å².